The first-order valence-corrected chi connectivity index (χ1v) is 7.49. The van der Waals surface area contributed by atoms with Gasteiger partial charge in [-0.3, -0.25) is 0 Å². The average Bonchev–Trinajstić information content (AvgIpc) is 2.92. The molecule has 1 aromatic rings. The van der Waals surface area contributed by atoms with Gasteiger partial charge in [-0.1, -0.05) is 24.3 Å². The summed E-state index contributed by atoms with van der Waals surface area (Å²) in [6.45, 7) is 5.92. The zero-order valence-electron chi connectivity index (χ0n) is 11.0. The van der Waals surface area contributed by atoms with Gasteiger partial charge in [-0.2, -0.15) is 0 Å². The molecule has 0 amide bonds. The fraction of sp³-hybridized carbons (Fsp3) is 0.600. The lowest BCUT2D eigenvalue weighted by Crippen LogP contribution is -2.24. The second-order valence-corrected chi connectivity index (χ2v) is 5.30. The zero-order valence-corrected chi connectivity index (χ0v) is 11.8. The van der Waals surface area contributed by atoms with E-state index in [4.69, 9.17) is 11.6 Å². The number of alkyl halides is 1. The quantitative estimate of drug-likeness (QED) is 0.603. The van der Waals surface area contributed by atoms with E-state index >= 15 is 0 Å². The maximum atomic E-state index is 5.77. The van der Waals surface area contributed by atoms with Gasteiger partial charge in [0.1, 0.15) is 0 Å². The van der Waals surface area contributed by atoms with E-state index in [9.17, 15) is 0 Å². The molecule has 0 aliphatic carbocycles. The molecule has 18 heavy (non-hydrogen) atoms. The Labute approximate surface area is 115 Å². The summed E-state index contributed by atoms with van der Waals surface area (Å²) < 4.78 is 0. The predicted octanol–water partition coefficient (Wildman–Crippen LogP) is 3.00. The summed E-state index contributed by atoms with van der Waals surface area (Å²) in [6.07, 6.45) is 4.03. The third-order valence-electron chi connectivity index (χ3n) is 3.53. The van der Waals surface area contributed by atoms with Gasteiger partial charge in [0.15, 0.2) is 0 Å². The van der Waals surface area contributed by atoms with Crippen molar-refractivity contribution in [2.45, 2.75) is 31.7 Å². The Morgan fingerprint density at radius 3 is 2.39 bits per heavy atom. The Kier molecular flexibility index (Phi) is 5.98. The number of halogens is 1. The van der Waals surface area contributed by atoms with Gasteiger partial charge in [0.2, 0.25) is 0 Å². The Morgan fingerprint density at radius 2 is 1.72 bits per heavy atom. The highest BCUT2D eigenvalue weighted by atomic mass is 35.5. The summed E-state index contributed by atoms with van der Waals surface area (Å²) in [5.74, 6) is 0.601. The smallest absolute Gasteiger partial charge is 0.0474 e. The molecule has 2 rings (SSSR count). The van der Waals surface area contributed by atoms with Crippen LogP contribution in [-0.2, 0) is 12.4 Å². The Balaban J connectivity index is 1.56. The van der Waals surface area contributed by atoms with E-state index in [1.807, 2.05) is 0 Å². The third kappa shape index (κ3) is 4.60. The molecule has 1 heterocycles. The monoisotopic (exact) mass is 266 g/mol. The summed E-state index contributed by atoms with van der Waals surface area (Å²) in [7, 11) is 0. The molecule has 1 aliphatic rings. The van der Waals surface area contributed by atoms with Crippen molar-refractivity contribution < 1.29 is 0 Å². The van der Waals surface area contributed by atoms with Crippen molar-refractivity contribution in [1.29, 1.82) is 0 Å². The maximum Gasteiger partial charge on any atom is 0.0474 e. The van der Waals surface area contributed by atoms with Crippen molar-refractivity contribution in [3.05, 3.63) is 35.4 Å². The lowest BCUT2D eigenvalue weighted by molar-refractivity contribution is 0.331. The van der Waals surface area contributed by atoms with E-state index < -0.39 is 0 Å². The number of rotatable bonds is 7. The Morgan fingerprint density at radius 1 is 1.06 bits per heavy atom. The highest BCUT2D eigenvalue weighted by molar-refractivity contribution is 6.17. The molecule has 3 heteroatoms. The summed E-state index contributed by atoms with van der Waals surface area (Å²) in [4.78, 5) is 2.57. The number of hydrogen-bond acceptors (Lipinski definition) is 2. The molecule has 1 N–H and O–H groups in total. The average molecular weight is 267 g/mol. The van der Waals surface area contributed by atoms with Crippen LogP contribution in [-0.4, -0.2) is 31.1 Å². The van der Waals surface area contributed by atoms with Crippen LogP contribution < -0.4 is 5.32 Å². The maximum absolute atomic E-state index is 5.77. The van der Waals surface area contributed by atoms with Crippen LogP contribution in [0.5, 0.6) is 0 Å². The van der Waals surface area contributed by atoms with Crippen LogP contribution in [0.1, 0.15) is 30.4 Å². The van der Waals surface area contributed by atoms with Crippen molar-refractivity contribution >= 4 is 11.6 Å². The van der Waals surface area contributed by atoms with E-state index in [0.29, 0.717) is 5.88 Å². The summed E-state index contributed by atoms with van der Waals surface area (Å²) >= 11 is 5.77. The van der Waals surface area contributed by atoms with Gasteiger partial charge in [0, 0.05) is 12.4 Å². The van der Waals surface area contributed by atoms with Crippen LogP contribution in [0.3, 0.4) is 0 Å². The standard InChI is InChI=1S/C15H23ClN2/c16-12-14-4-6-15(7-5-14)13-17-8-3-11-18-9-1-2-10-18/h4-7,17H,1-3,8-13H2. The first kappa shape index (κ1) is 13.9. The van der Waals surface area contributed by atoms with E-state index in [2.05, 4.69) is 34.5 Å². The molecular weight excluding hydrogens is 244 g/mol. The van der Waals surface area contributed by atoms with Gasteiger partial charge in [-0.05, 0) is 56.6 Å². The summed E-state index contributed by atoms with van der Waals surface area (Å²) in [5, 5.41) is 3.50. The minimum atomic E-state index is 0.601. The number of likely N-dealkylation sites (tertiary alicyclic amines) is 1. The molecule has 0 aromatic heterocycles. The highest BCUT2D eigenvalue weighted by Gasteiger charge is 2.09. The fourth-order valence-electron chi connectivity index (χ4n) is 2.41. The molecular formula is C15H23ClN2. The van der Waals surface area contributed by atoms with Crippen molar-refractivity contribution in [3.63, 3.8) is 0 Å². The Hall–Kier alpha value is -0.570. The fourth-order valence-corrected chi connectivity index (χ4v) is 2.59. The minimum Gasteiger partial charge on any atom is -0.313 e. The van der Waals surface area contributed by atoms with Crippen LogP contribution in [0.15, 0.2) is 24.3 Å². The number of nitrogens with zero attached hydrogens (tertiary/aromatic N) is 1. The molecule has 0 atom stereocenters. The molecule has 0 bridgehead atoms. The van der Waals surface area contributed by atoms with E-state index in [1.54, 1.807) is 0 Å². The first-order chi connectivity index (χ1) is 8.88. The lowest BCUT2D eigenvalue weighted by atomic mass is 10.1. The number of benzene rings is 1. The first-order valence-electron chi connectivity index (χ1n) is 6.95. The molecule has 1 aliphatic heterocycles. The van der Waals surface area contributed by atoms with Gasteiger partial charge < -0.3 is 10.2 Å². The lowest BCUT2D eigenvalue weighted by Gasteiger charge is -2.14. The van der Waals surface area contributed by atoms with Gasteiger partial charge >= 0.3 is 0 Å². The van der Waals surface area contributed by atoms with Crippen LogP contribution in [0.4, 0.5) is 0 Å². The SMILES string of the molecule is ClCc1ccc(CNCCCN2CCCC2)cc1. The molecule has 0 spiro atoms. The van der Waals surface area contributed by atoms with Crippen LogP contribution in [0.25, 0.3) is 0 Å². The van der Waals surface area contributed by atoms with E-state index in [-0.39, 0.29) is 0 Å². The van der Waals surface area contributed by atoms with Gasteiger partial charge in [-0.25, -0.2) is 0 Å². The van der Waals surface area contributed by atoms with Crippen molar-refractivity contribution in [2.24, 2.45) is 0 Å². The number of hydrogen-bond donors (Lipinski definition) is 1. The molecule has 0 saturated carbocycles. The topological polar surface area (TPSA) is 15.3 Å². The molecule has 1 aromatic carbocycles. The zero-order chi connectivity index (χ0) is 12.6. The molecule has 0 unspecified atom stereocenters. The third-order valence-corrected chi connectivity index (χ3v) is 3.84. The molecule has 2 nitrogen and oxygen atoms in total. The summed E-state index contributed by atoms with van der Waals surface area (Å²) in [5.41, 5.74) is 2.53. The van der Waals surface area contributed by atoms with Gasteiger partial charge in [0.05, 0.1) is 0 Å². The summed E-state index contributed by atoms with van der Waals surface area (Å²) in [6, 6.07) is 8.53. The predicted molar refractivity (Wildman–Crippen MR) is 78.0 cm³/mol. The van der Waals surface area contributed by atoms with Gasteiger partial charge in [0.25, 0.3) is 0 Å². The second-order valence-electron chi connectivity index (χ2n) is 5.03. The molecule has 1 saturated heterocycles. The van der Waals surface area contributed by atoms with Crippen molar-refractivity contribution in [1.82, 2.24) is 10.2 Å². The number of nitrogens with one attached hydrogen (secondary N) is 1. The molecule has 1 fully saturated rings. The van der Waals surface area contributed by atoms with E-state index in [0.717, 1.165) is 13.1 Å². The minimum absolute atomic E-state index is 0.601. The highest BCUT2D eigenvalue weighted by Crippen LogP contribution is 2.08. The Bertz CT molecular complexity index is 331. The molecule has 0 radical (unpaired) electrons. The van der Waals surface area contributed by atoms with Crippen molar-refractivity contribution in [3.8, 4) is 0 Å². The molecule has 100 valence electrons. The van der Waals surface area contributed by atoms with E-state index in [1.165, 1.54) is 50.0 Å². The van der Waals surface area contributed by atoms with Crippen LogP contribution >= 0.6 is 11.6 Å². The van der Waals surface area contributed by atoms with Crippen LogP contribution in [0, 0.1) is 0 Å². The van der Waals surface area contributed by atoms with Gasteiger partial charge in [-0.15, -0.1) is 11.6 Å². The van der Waals surface area contributed by atoms with Crippen LogP contribution in [0.2, 0.25) is 0 Å². The second kappa shape index (κ2) is 7.78. The van der Waals surface area contributed by atoms with Crippen molar-refractivity contribution in [2.75, 3.05) is 26.2 Å². The largest absolute Gasteiger partial charge is 0.313 e. The normalized spacial score (nSPS) is 16.3.